The van der Waals surface area contributed by atoms with E-state index in [1.807, 2.05) is 23.2 Å². The molecule has 1 saturated carbocycles. The van der Waals surface area contributed by atoms with Crippen LogP contribution in [-0.2, 0) is 6.54 Å². The van der Waals surface area contributed by atoms with Gasteiger partial charge in [-0.05, 0) is 56.4 Å². The zero-order valence-corrected chi connectivity index (χ0v) is 17.8. The van der Waals surface area contributed by atoms with Crippen LogP contribution in [0.4, 0.5) is 0 Å². The topological polar surface area (TPSA) is 68.6 Å². The number of fused-ring (bicyclic) bond motifs is 2. The molecule has 1 unspecified atom stereocenters. The number of aromatic nitrogens is 3. The minimum Gasteiger partial charge on any atom is -0.339 e. The number of rotatable bonds is 4. The molecule has 158 valence electrons. The molecule has 0 radical (unpaired) electrons. The Hall–Kier alpha value is -3.12. The average molecular weight is 414 g/mol. The predicted molar refractivity (Wildman–Crippen MR) is 122 cm³/mol. The molecule has 0 bridgehead atoms. The Labute approximate surface area is 181 Å². The molecule has 1 aliphatic carbocycles. The summed E-state index contributed by atoms with van der Waals surface area (Å²) in [7, 11) is 0. The van der Waals surface area contributed by atoms with E-state index in [0.717, 1.165) is 48.2 Å². The quantitative estimate of drug-likeness (QED) is 0.553. The van der Waals surface area contributed by atoms with E-state index in [1.165, 1.54) is 23.7 Å². The molecule has 6 heteroatoms. The molecule has 2 N–H and O–H groups in total. The SMILES string of the molecule is Cc1c(-c2cc3ccccc3n2CC2CC2)nc2cc(C(=O)N3CCC(N)C3)ccn12. The number of carbonyl (C=O) groups is 1. The Morgan fingerprint density at radius 3 is 2.77 bits per heavy atom. The van der Waals surface area contributed by atoms with Gasteiger partial charge in [0.05, 0.1) is 5.69 Å². The molecule has 1 saturated heterocycles. The number of likely N-dealkylation sites (tertiary alicyclic amines) is 1. The summed E-state index contributed by atoms with van der Waals surface area (Å²) in [6.07, 6.45) is 5.45. The highest BCUT2D eigenvalue weighted by molar-refractivity contribution is 5.95. The van der Waals surface area contributed by atoms with Crippen molar-refractivity contribution in [2.24, 2.45) is 11.7 Å². The maximum absolute atomic E-state index is 12.9. The van der Waals surface area contributed by atoms with Crippen LogP contribution in [-0.4, -0.2) is 43.9 Å². The zero-order valence-electron chi connectivity index (χ0n) is 17.8. The molecule has 4 heterocycles. The van der Waals surface area contributed by atoms with E-state index in [4.69, 9.17) is 10.7 Å². The van der Waals surface area contributed by atoms with E-state index in [-0.39, 0.29) is 11.9 Å². The molecular formula is C25H27N5O. The van der Waals surface area contributed by atoms with Gasteiger partial charge in [-0.15, -0.1) is 0 Å². The number of imidazole rings is 1. The van der Waals surface area contributed by atoms with Crippen LogP contribution < -0.4 is 5.73 Å². The maximum Gasteiger partial charge on any atom is 0.254 e. The highest BCUT2D eigenvalue weighted by atomic mass is 16.2. The molecule has 1 atom stereocenters. The van der Waals surface area contributed by atoms with E-state index in [0.29, 0.717) is 12.1 Å². The number of aryl methyl sites for hydroxylation is 1. The molecule has 6 nitrogen and oxygen atoms in total. The van der Waals surface area contributed by atoms with Gasteiger partial charge in [-0.2, -0.15) is 0 Å². The summed E-state index contributed by atoms with van der Waals surface area (Å²) in [5, 5.41) is 1.25. The van der Waals surface area contributed by atoms with Crippen LogP contribution in [0.25, 0.3) is 27.9 Å². The normalized spacial score (nSPS) is 19.0. The lowest BCUT2D eigenvalue weighted by atomic mass is 10.2. The van der Waals surface area contributed by atoms with Gasteiger partial charge in [0, 0.05) is 54.0 Å². The van der Waals surface area contributed by atoms with Crippen LogP contribution in [0.1, 0.15) is 35.3 Å². The number of para-hydroxylation sites is 1. The standard InChI is InChI=1S/C25H27N5O/c1-16-24(22-12-18-4-2-3-5-21(18)30(22)14-17-6-7-17)27-23-13-19(8-11-29(16)23)25(31)28-10-9-20(26)15-28/h2-5,8,11-13,17,20H,6-7,9-10,14-15,26H2,1H3. The van der Waals surface area contributed by atoms with Crippen LogP contribution in [0.3, 0.4) is 0 Å². The van der Waals surface area contributed by atoms with Crippen molar-refractivity contribution < 1.29 is 4.79 Å². The highest BCUT2D eigenvalue weighted by Gasteiger charge is 2.27. The minimum atomic E-state index is 0.0421. The molecule has 0 spiro atoms. The van der Waals surface area contributed by atoms with Crippen molar-refractivity contribution in [1.29, 1.82) is 0 Å². The molecule has 4 aromatic rings. The summed E-state index contributed by atoms with van der Waals surface area (Å²) < 4.78 is 4.51. The molecule has 2 aliphatic rings. The number of nitrogens with two attached hydrogens (primary N) is 1. The molecule has 31 heavy (non-hydrogen) atoms. The zero-order chi connectivity index (χ0) is 21.1. The van der Waals surface area contributed by atoms with Crippen LogP contribution in [0.2, 0.25) is 0 Å². The van der Waals surface area contributed by atoms with Gasteiger partial charge < -0.3 is 19.6 Å². The predicted octanol–water partition coefficient (Wildman–Crippen LogP) is 3.85. The van der Waals surface area contributed by atoms with Gasteiger partial charge in [0.25, 0.3) is 5.91 Å². The largest absolute Gasteiger partial charge is 0.339 e. The summed E-state index contributed by atoms with van der Waals surface area (Å²) in [6.45, 7) is 4.50. The summed E-state index contributed by atoms with van der Waals surface area (Å²) in [4.78, 5) is 19.8. The summed E-state index contributed by atoms with van der Waals surface area (Å²) >= 11 is 0. The number of nitrogens with zero attached hydrogens (tertiary/aromatic N) is 4. The first kappa shape index (κ1) is 18.6. The lowest BCUT2D eigenvalue weighted by Crippen LogP contribution is -2.31. The monoisotopic (exact) mass is 413 g/mol. The Morgan fingerprint density at radius 2 is 2.00 bits per heavy atom. The third-order valence-electron chi connectivity index (χ3n) is 6.81. The minimum absolute atomic E-state index is 0.0421. The van der Waals surface area contributed by atoms with E-state index in [1.54, 1.807) is 0 Å². The Bertz CT molecular complexity index is 1310. The van der Waals surface area contributed by atoms with Crippen LogP contribution in [0, 0.1) is 12.8 Å². The fourth-order valence-corrected chi connectivity index (χ4v) is 4.86. The van der Waals surface area contributed by atoms with Gasteiger partial charge in [-0.1, -0.05) is 18.2 Å². The summed E-state index contributed by atoms with van der Waals surface area (Å²) in [5.74, 6) is 0.809. The second kappa shape index (κ2) is 6.95. The fourth-order valence-electron chi connectivity index (χ4n) is 4.86. The maximum atomic E-state index is 12.9. The number of benzene rings is 1. The van der Waals surface area contributed by atoms with Crippen molar-refractivity contribution in [3.63, 3.8) is 0 Å². The van der Waals surface area contributed by atoms with Gasteiger partial charge in [-0.25, -0.2) is 4.98 Å². The van der Waals surface area contributed by atoms with Crippen LogP contribution in [0.15, 0.2) is 48.7 Å². The van der Waals surface area contributed by atoms with Gasteiger partial charge >= 0.3 is 0 Å². The third-order valence-corrected chi connectivity index (χ3v) is 6.81. The van der Waals surface area contributed by atoms with Crippen LogP contribution in [0.5, 0.6) is 0 Å². The number of hydrogen-bond donors (Lipinski definition) is 1. The van der Waals surface area contributed by atoms with Crippen molar-refractivity contribution in [3.8, 4) is 11.4 Å². The fraction of sp³-hybridized carbons (Fsp3) is 0.360. The smallest absolute Gasteiger partial charge is 0.254 e. The number of pyridine rings is 1. The Balaban J connectivity index is 1.44. The second-order valence-electron chi connectivity index (χ2n) is 9.13. The van der Waals surface area contributed by atoms with E-state index in [9.17, 15) is 4.79 Å². The third kappa shape index (κ3) is 3.13. The van der Waals surface area contributed by atoms with E-state index in [2.05, 4.69) is 46.2 Å². The van der Waals surface area contributed by atoms with Gasteiger partial charge in [0.2, 0.25) is 0 Å². The molecule has 1 aliphatic heterocycles. The van der Waals surface area contributed by atoms with Gasteiger partial charge in [-0.3, -0.25) is 4.79 Å². The lowest BCUT2D eigenvalue weighted by Gasteiger charge is -2.15. The molecule has 2 fully saturated rings. The lowest BCUT2D eigenvalue weighted by molar-refractivity contribution is 0.0791. The van der Waals surface area contributed by atoms with Gasteiger partial charge in [0.1, 0.15) is 11.3 Å². The molecular weight excluding hydrogens is 386 g/mol. The molecule has 1 aromatic carbocycles. The van der Waals surface area contributed by atoms with Crippen molar-refractivity contribution in [2.45, 2.75) is 38.8 Å². The first-order chi connectivity index (χ1) is 15.1. The second-order valence-corrected chi connectivity index (χ2v) is 9.13. The summed E-state index contributed by atoms with van der Waals surface area (Å²) in [6, 6.07) is 14.7. The van der Waals surface area contributed by atoms with Crippen molar-refractivity contribution >= 4 is 22.5 Å². The number of hydrogen-bond acceptors (Lipinski definition) is 3. The van der Waals surface area contributed by atoms with Crippen molar-refractivity contribution in [1.82, 2.24) is 18.9 Å². The highest BCUT2D eigenvalue weighted by Crippen LogP contribution is 2.36. The van der Waals surface area contributed by atoms with E-state index >= 15 is 0 Å². The first-order valence-corrected chi connectivity index (χ1v) is 11.2. The molecule has 3 aromatic heterocycles. The first-order valence-electron chi connectivity index (χ1n) is 11.2. The molecule has 1 amide bonds. The van der Waals surface area contributed by atoms with Gasteiger partial charge in [0.15, 0.2) is 0 Å². The van der Waals surface area contributed by atoms with Crippen molar-refractivity contribution in [2.75, 3.05) is 13.1 Å². The number of carbonyl (C=O) groups excluding carboxylic acids is 1. The molecule has 6 rings (SSSR count). The average Bonchev–Trinajstić information content (AvgIpc) is 3.24. The Kier molecular flexibility index (Phi) is 4.18. The van der Waals surface area contributed by atoms with E-state index < -0.39 is 0 Å². The van der Waals surface area contributed by atoms with Crippen LogP contribution >= 0.6 is 0 Å². The number of amides is 1. The Morgan fingerprint density at radius 1 is 1.16 bits per heavy atom. The van der Waals surface area contributed by atoms with Crippen molar-refractivity contribution in [3.05, 3.63) is 59.9 Å². The summed E-state index contributed by atoms with van der Waals surface area (Å²) in [5.41, 5.74) is 12.0.